The van der Waals surface area contributed by atoms with Gasteiger partial charge in [0, 0.05) is 43.9 Å². The zero-order valence-electron chi connectivity index (χ0n) is 17.5. The summed E-state index contributed by atoms with van der Waals surface area (Å²) < 4.78 is 15.5. The number of carbonyl (C=O) groups excluding carboxylic acids is 1. The van der Waals surface area contributed by atoms with Crippen molar-refractivity contribution in [2.24, 2.45) is 5.92 Å². The van der Waals surface area contributed by atoms with Crippen molar-refractivity contribution >= 4 is 23.8 Å². The highest BCUT2D eigenvalue weighted by atomic mass is 32.1. The molecule has 4 rings (SSSR count). The quantitative estimate of drug-likeness (QED) is 0.545. The van der Waals surface area contributed by atoms with E-state index in [0.29, 0.717) is 30.2 Å². The predicted octanol–water partition coefficient (Wildman–Crippen LogP) is 4.09. The number of aryl methyl sites for hydroxylation is 1. The molecule has 1 amide bonds. The third-order valence-electron chi connectivity index (χ3n) is 5.70. The zero-order chi connectivity index (χ0) is 21.8. The Hall–Kier alpha value is -3.00. The highest BCUT2D eigenvalue weighted by Gasteiger charge is 2.23. The van der Waals surface area contributed by atoms with E-state index in [0.717, 1.165) is 36.6 Å². The molecule has 0 radical (unpaired) electrons. The summed E-state index contributed by atoms with van der Waals surface area (Å²) in [6.07, 6.45) is 1.34. The molecular formula is C23H26FN5OS. The van der Waals surface area contributed by atoms with Gasteiger partial charge >= 0.3 is 0 Å². The first-order valence-electron chi connectivity index (χ1n) is 10.5. The number of hydrogen-bond acceptors (Lipinski definition) is 4. The van der Waals surface area contributed by atoms with E-state index in [2.05, 4.69) is 20.4 Å². The molecule has 0 spiro atoms. The van der Waals surface area contributed by atoms with Crippen molar-refractivity contribution in [2.75, 3.05) is 24.5 Å². The molecule has 8 heteroatoms. The van der Waals surface area contributed by atoms with Gasteiger partial charge in [0.2, 0.25) is 5.91 Å². The Balaban J connectivity index is 1.28. The number of anilines is 1. The van der Waals surface area contributed by atoms with Gasteiger partial charge in [-0.3, -0.25) is 14.5 Å². The van der Waals surface area contributed by atoms with Crippen LogP contribution < -0.4 is 10.2 Å². The van der Waals surface area contributed by atoms with Crippen LogP contribution in [0.25, 0.3) is 11.4 Å². The van der Waals surface area contributed by atoms with Crippen molar-refractivity contribution in [3.8, 4) is 11.4 Å². The minimum absolute atomic E-state index is 0.00168. The van der Waals surface area contributed by atoms with Crippen LogP contribution in [0.1, 0.15) is 18.4 Å². The normalized spacial score (nSPS) is 15.9. The molecule has 0 bridgehead atoms. The molecule has 2 N–H and O–H groups in total. The zero-order valence-corrected chi connectivity index (χ0v) is 18.3. The van der Waals surface area contributed by atoms with Crippen LogP contribution in [-0.4, -0.2) is 40.3 Å². The molecule has 1 fully saturated rings. The number of aromatic nitrogens is 3. The van der Waals surface area contributed by atoms with Gasteiger partial charge in [-0.1, -0.05) is 29.8 Å². The van der Waals surface area contributed by atoms with Gasteiger partial charge in [-0.05, 0) is 55.7 Å². The lowest BCUT2D eigenvalue weighted by Crippen LogP contribution is -2.31. The van der Waals surface area contributed by atoms with E-state index in [4.69, 9.17) is 12.2 Å². The van der Waals surface area contributed by atoms with E-state index in [1.165, 1.54) is 17.7 Å². The molecule has 0 saturated carbocycles. The molecule has 1 saturated heterocycles. The number of halogens is 1. The van der Waals surface area contributed by atoms with Gasteiger partial charge in [0.15, 0.2) is 10.6 Å². The molecule has 162 valence electrons. The van der Waals surface area contributed by atoms with E-state index in [1.807, 2.05) is 35.8 Å². The molecule has 1 atom stereocenters. The second-order valence-electron chi connectivity index (χ2n) is 8.00. The third kappa shape index (κ3) is 5.19. The summed E-state index contributed by atoms with van der Waals surface area (Å²) in [5.74, 6) is 0.893. The Morgan fingerprint density at radius 1 is 1.23 bits per heavy atom. The highest BCUT2D eigenvalue weighted by Crippen LogP contribution is 2.23. The molecule has 3 aromatic rings. The van der Waals surface area contributed by atoms with E-state index < -0.39 is 0 Å². The van der Waals surface area contributed by atoms with Gasteiger partial charge in [0.1, 0.15) is 5.82 Å². The lowest BCUT2D eigenvalue weighted by Gasteiger charge is -2.19. The fraction of sp³-hybridized carbons (Fsp3) is 0.348. The number of rotatable bonds is 7. The van der Waals surface area contributed by atoms with Gasteiger partial charge in [-0.25, -0.2) is 4.39 Å². The number of H-pyrrole nitrogens is 1. The highest BCUT2D eigenvalue weighted by molar-refractivity contribution is 7.71. The summed E-state index contributed by atoms with van der Waals surface area (Å²) in [6.45, 7) is 4.91. The number of benzene rings is 2. The third-order valence-corrected chi connectivity index (χ3v) is 6.01. The monoisotopic (exact) mass is 439 g/mol. The number of aromatic amines is 1. The minimum atomic E-state index is -0.227. The molecule has 1 unspecified atom stereocenters. The summed E-state index contributed by atoms with van der Waals surface area (Å²) in [7, 11) is 0. The smallest absolute Gasteiger partial charge is 0.221 e. The number of hydrogen-bond donors (Lipinski definition) is 2. The van der Waals surface area contributed by atoms with Crippen LogP contribution in [0.2, 0.25) is 0 Å². The number of amides is 1. The fourth-order valence-electron chi connectivity index (χ4n) is 3.89. The fourth-order valence-corrected chi connectivity index (χ4v) is 4.12. The van der Waals surface area contributed by atoms with Crippen LogP contribution in [0.4, 0.5) is 10.1 Å². The van der Waals surface area contributed by atoms with E-state index in [1.54, 1.807) is 12.1 Å². The Kier molecular flexibility index (Phi) is 6.46. The molecular weight excluding hydrogens is 413 g/mol. The Bertz CT molecular complexity index is 1090. The van der Waals surface area contributed by atoms with Crippen LogP contribution in [0.15, 0.2) is 48.5 Å². The number of nitrogens with zero attached hydrogens (tertiary/aromatic N) is 3. The van der Waals surface area contributed by atoms with Gasteiger partial charge in [-0.2, -0.15) is 5.10 Å². The predicted molar refractivity (Wildman–Crippen MR) is 122 cm³/mol. The maximum Gasteiger partial charge on any atom is 0.221 e. The van der Waals surface area contributed by atoms with Gasteiger partial charge in [0.05, 0.1) is 0 Å². The first kappa shape index (κ1) is 21.2. The maximum atomic E-state index is 13.1. The van der Waals surface area contributed by atoms with Crippen molar-refractivity contribution < 1.29 is 9.18 Å². The minimum Gasteiger partial charge on any atom is -0.371 e. The van der Waals surface area contributed by atoms with Crippen LogP contribution >= 0.6 is 12.2 Å². The second kappa shape index (κ2) is 9.43. The molecule has 2 heterocycles. The average molecular weight is 440 g/mol. The van der Waals surface area contributed by atoms with Crippen LogP contribution in [0.5, 0.6) is 0 Å². The lowest BCUT2D eigenvalue weighted by molar-refractivity contribution is -0.121. The van der Waals surface area contributed by atoms with E-state index in [9.17, 15) is 9.18 Å². The first-order valence-corrected chi connectivity index (χ1v) is 10.9. The lowest BCUT2D eigenvalue weighted by atomic mass is 10.1. The molecule has 1 aliphatic heterocycles. The average Bonchev–Trinajstić information content (AvgIpc) is 3.39. The Morgan fingerprint density at radius 3 is 2.71 bits per heavy atom. The molecule has 2 aromatic carbocycles. The topological polar surface area (TPSA) is 66.0 Å². The number of carbonyl (C=O) groups is 1. The van der Waals surface area contributed by atoms with Crippen molar-refractivity contribution in [1.29, 1.82) is 0 Å². The Labute approximate surface area is 186 Å². The maximum absolute atomic E-state index is 13.1. The molecule has 1 aliphatic rings. The standard InChI is InChI=1S/C23H26FN5OS/c1-16-2-4-18(5-3-16)22-26-27-23(31)29(22)13-11-21(30)25-14-17-10-12-28(15-17)20-8-6-19(24)7-9-20/h2-9,17H,10-15H2,1H3,(H,25,30)(H,27,31). The van der Waals surface area contributed by atoms with E-state index in [-0.39, 0.29) is 11.7 Å². The van der Waals surface area contributed by atoms with Crippen molar-refractivity contribution in [2.45, 2.75) is 26.3 Å². The van der Waals surface area contributed by atoms with Gasteiger partial charge < -0.3 is 10.2 Å². The van der Waals surface area contributed by atoms with Crippen molar-refractivity contribution in [1.82, 2.24) is 20.1 Å². The van der Waals surface area contributed by atoms with Crippen LogP contribution in [0, 0.1) is 23.4 Å². The van der Waals surface area contributed by atoms with Gasteiger partial charge in [-0.15, -0.1) is 0 Å². The van der Waals surface area contributed by atoms with Crippen molar-refractivity contribution in [3.05, 3.63) is 64.7 Å². The largest absolute Gasteiger partial charge is 0.371 e. The van der Waals surface area contributed by atoms with Gasteiger partial charge in [0.25, 0.3) is 0 Å². The summed E-state index contributed by atoms with van der Waals surface area (Å²) in [5, 5.41) is 10.2. The van der Waals surface area contributed by atoms with E-state index >= 15 is 0 Å². The second-order valence-corrected chi connectivity index (χ2v) is 8.39. The Morgan fingerprint density at radius 2 is 1.97 bits per heavy atom. The molecule has 0 aliphatic carbocycles. The van der Waals surface area contributed by atoms with Crippen LogP contribution in [0.3, 0.4) is 0 Å². The van der Waals surface area contributed by atoms with Crippen LogP contribution in [-0.2, 0) is 11.3 Å². The first-order chi connectivity index (χ1) is 15.0. The molecule has 31 heavy (non-hydrogen) atoms. The number of nitrogens with one attached hydrogen (secondary N) is 2. The summed E-state index contributed by atoms with van der Waals surface area (Å²) in [4.78, 5) is 14.7. The van der Waals surface area contributed by atoms with Crippen molar-refractivity contribution in [3.63, 3.8) is 0 Å². The molecule has 6 nitrogen and oxygen atoms in total. The molecule has 1 aromatic heterocycles. The summed E-state index contributed by atoms with van der Waals surface area (Å²) in [5.41, 5.74) is 3.16. The summed E-state index contributed by atoms with van der Waals surface area (Å²) in [6, 6.07) is 14.6. The summed E-state index contributed by atoms with van der Waals surface area (Å²) >= 11 is 5.35. The SMILES string of the molecule is Cc1ccc(-c2n[nH]c(=S)n2CCC(=O)NCC2CCN(c3ccc(F)cc3)C2)cc1.